The highest BCUT2D eigenvalue weighted by molar-refractivity contribution is 6.03. The molecule has 1 heterocycles. The molecule has 0 aliphatic rings. The minimum absolute atomic E-state index is 0.244. The maximum atomic E-state index is 12.2. The molecule has 6 heteroatoms. The second kappa shape index (κ2) is 6.98. The molecule has 0 aliphatic heterocycles. The van der Waals surface area contributed by atoms with Crippen LogP contribution in [-0.2, 0) is 6.42 Å². The number of hydrogen-bond acceptors (Lipinski definition) is 5. The summed E-state index contributed by atoms with van der Waals surface area (Å²) in [5, 5.41) is 6.56. The molecule has 1 N–H and O–H groups in total. The Morgan fingerprint density at radius 3 is 2.68 bits per heavy atom. The number of amides is 1. The van der Waals surface area contributed by atoms with Gasteiger partial charge in [-0.05, 0) is 18.1 Å². The molecule has 1 aromatic heterocycles. The molecule has 0 radical (unpaired) electrons. The number of carbonyl (C=O) groups excluding carboxylic acids is 1. The van der Waals surface area contributed by atoms with Gasteiger partial charge in [0.05, 0.1) is 19.9 Å². The number of nitrogens with zero attached hydrogens (tertiary/aromatic N) is 1. The van der Waals surface area contributed by atoms with Crippen molar-refractivity contribution in [1.82, 2.24) is 5.16 Å². The lowest BCUT2D eigenvalue weighted by atomic mass is 10.1. The van der Waals surface area contributed by atoms with Gasteiger partial charge in [-0.3, -0.25) is 4.79 Å². The van der Waals surface area contributed by atoms with Gasteiger partial charge in [0, 0.05) is 18.6 Å². The maximum absolute atomic E-state index is 12.2. The summed E-state index contributed by atoms with van der Waals surface area (Å²) in [7, 11) is 3.10. The Morgan fingerprint density at radius 1 is 1.27 bits per heavy atom. The molecule has 0 aliphatic carbocycles. The van der Waals surface area contributed by atoms with Crippen molar-refractivity contribution in [3.05, 3.63) is 35.7 Å². The Morgan fingerprint density at radius 2 is 2.05 bits per heavy atom. The molecule has 118 valence electrons. The Labute approximate surface area is 129 Å². The van der Waals surface area contributed by atoms with Gasteiger partial charge in [0.25, 0.3) is 5.91 Å². The third-order valence-corrected chi connectivity index (χ3v) is 3.06. The quantitative estimate of drug-likeness (QED) is 0.887. The lowest BCUT2D eigenvalue weighted by Crippen LogP contribution is -2.13. The van der Waals surface area contributed by atoms with Crippen molar-refractivity contribution in [1.29, 1.82) is 0 Å². The Hall–Kier alpha value is -2.50. The smallest absolute Gasteiger partial charge is 0.277 e. The van der Waals surface area contributed by atoms with Crippen LogP contribution in [0.1, 0.15) is 30.1 Å². The summed E-state index contributed by atoms with van der Waals surface area (Å²) < 4.78 is 15.5. The monoisotopic (exact) mass is 304 g/mol. The first-order valence-electron chi connectivity index (χ1n) is 7.02. The van der Waals surface area contributed by atoms with Gasteiger partial charge >= 0.3 is 0 Å². The van der Waals surface area contributed by atoms with E-state index in [0.29, 0.717) is 28.9 Å². The zero-order valence-corrected chi connectivity index (χ0v) is 13.2. The SMILES string of the molecule is COc1ccc(NC(=O)c2cc(CC(C)C)on2)c(OC)c1. The number of nitrogens with one attached hydrogen (secondary N) is 1. The van der Waals surface area contributed by atoms with Gasteiger partial charge in [-0.25, -0.2) is 0 Å². The highest BCUT2D eigenvalue weighted by Gasteiger charge is 2.15. The normalized spacial score (nSPS) is 10.6. The first-order valence-corrected chi connectivity index (χ1v) is 7.02. The molecule has 0 atom stereocenters. The minimum Gasteiger partial charge on any atom is -0.497 e. The number of methoxy groups -OCH3 is 2. The lowest BCUT2D eigenvalue weighted by molar-refractivity contribution is 0.101. The molecule has 0 unspecified atom stereocenters. The van der Waals surface area contributed by atoms with Crippen LogP contribution < -0.4 is 14.8 Å². The lowest BCUT2D eigenvalue weighted by Gasteiger charge is -2.10. The summed E-state index contributed by atoms with van der Waals surface area (Å²) in [4.78, 5) is 12.2. The van der Waals surface area contributed by atoms with E-state index in [1.807, 2.05) is 0 Å². The summed E-state index contributed by atoms with van der Waals surface area (Å²) in [6.07, 6.45) is 0.742. The molecule has 0 fully saturated rings. The van der Waals surface area contributed by atoms with E-state index in [9.17, 15) is 4.79 Å². The molecule has 6 nitrogen and oxygen atoms in total. The van der Waals surface area contributed by atoms with E-state index in [-0.39, 0.29) is 11.6 Å². The summed E-state index contributed by atoms with van der Waals surface area (Å²) in [5.74, 6) is 1.95. The van der Waals surface area contributed by atoms with Crippen LogP contribution in [0.25, 0.3) is 0 Å². The van der Waals surface area contributed by atoms with Crippen LogP contribution in [0.4, 0.5) is 5.69 Å². The highest BCUT2D eigenvalue weighted by Crippen LogP contribution is 2.29. The van der Waals surface area contributed by atoms with E-state index in [1.165, 1.54) is 7.11 Å². The number of hydrogen-bond donors (Lipinski definition) is 1. The predicted octanol–water partition coefficient (Wildman–Crippen LogP) is 3.14. The standard InChI is InChI=1S/C16H20N2O4/c1-10(2)7-12-8-14(18-22-12)16(19)17-13-6-5-11(20-3)9-15(13)21-4/h5-6,8-10H,7H2,1-4H3,(H,17,19). The third kappa shape index (κ3) is 3.78. The van der Waals surface area contributed by atoms with Crippen molar-refractivity contribution in [2.24, 2.45) is 5.92 Å². The van der Waals surface area contributed by atoms with Gasteiger partial charge in [0.1, 0.15) is 17.3 Å². The fraction of sp³-hybridized carbons (Fsp3) is 0.375. The fourth-order valence-corrected chi connectivity index (χ4v) is 2.01. The van der Waals surface area contributed by atoms with Gasteiger partial charge in [-0.1, -0.05) is 19.0 Å². The number of ether oxygens (including phenoxy) is 2. The molecule has 2 rings (SSSR count). The molecule has 0 spiro atoms. The van der Waals surface area contributed by atoms with Crippen molar-refractivity contribution in [3.63, 3.8) is 0 Å². The maximum Gasteiger partial charge on any atom is 0.277 e. The summed E-state index contributed by atoms with van der Waals surface area (Å²) >= 11 is 0. The number of benzene rings is 1. The third-order valence-electron chi connectivity index (χ3n) is 3.06. The van der Waals surface area contributed by atoms with Crippen LogP contribution >= 0.6 is 0 Å². The number of carbonyl (C=O) groups is 1. The van der Waals surface area contributed by atoms with Gasteiger partial charge in [-0.2, -0.15) is 0 Å². The first kappa shape index (κ1) is 15.9. The van der Waals surface area contributed by atoms with E-state index >= 15 is 0 Å². The molecule has 1 aromatic carbocycles. The van der Waals surface area contributed by atoms with Crippen molar-refractivity contribution < 1.29 is 18.8 Å². The summed E-state index contributed by atoms with van der Waals surface area (Å²) in [6, 6.07) is 6.81. The minimum atomic E-state index is -0.345. The molecule has 1 amide bonds. The second-order valence-corrected chi connectivity index (χ2v) is 5.30. The van der Waals surface area contributed by atoms with E-state index in [1.54, 1.807) is 31.4 Å². The second-order valence-electron chi connectivity index (χ2n) is 5.30. The molecule has 0 saturated carbocycles. The number of anilines is 1. The Balaban J connectivity index is 2.13. The van der Waals surface area contributed by atoms with E-state index < -0.39 is 0 Å². The summed E-state index contributed by atoms with van der Waals surface area (Å²) in [6.45, 7) is 4.15. The first-order chi connectivity index (χ1) is 10.5. The molecular weight excluding hydrogens is 284 g/mol. The average Bonchev–Trinajstić information content (AvgIpc) is 2.95. The zero-order chi connectivity index (χ0) is 16.1. The largest absolute Gasteiger partial charge is 0.497 e. The topological polar surface area (TPSA) is 73.6 Å². The zero-order valence-electron chi connectivity index (χ0n) is 13.2. The molecule has 0 saturated heterocycles. The highest BCUT2D eigenvalue weighted by atomic mass is 16.5. The van der Waals surface area contributed by atoms with Crippen molar-refractivity contribution in [2.75, 3.05) is 19.5 Å². The average molecular weight is 304 g/mol. The fourth-order valence-electron chi connectivity index (χ4n) is 2.01. The molecule has 2 aromatic rings. The van der Waals surface area contributed by atoms with Crippen molar-refractivity contribution in [2.45, 2.75) is 20.3 Å². The molecule has 22 heavy (non-hydrogen) atoms. The number of aromatic nitrogens is 1. The van der Waals surface area contributed by atoms with Crippen LogP contribution in [-0.4, -0.2) is 25.3 Å². The van der Waals surface area contributed by atoms with Crippen molar-refractivity contribution in [3.8, 4) is 11.5 Å². The van der Waals surface area contributed by atoms with Crippen LogP contribution in [0.5, 0.6) is 11.5 Å². The van der Waals surface area contributed by atoms with Crippen LogP contribution in [0.15, 0.2) is 28.8 Å². The Kier molecular flexibility index (Phi) is 5.04. The Bertz CT molecular complexity index is 649. The molecule has 0 bridgehead atoms. The van der Waals surface area contributed by atoms with E-state index in [2.05, 4.69) is 24.3 Å². The van der Waals surface area contributed by atoms with Crippen LogP contribution in [0.3, 0.4) is 0 Å². The van der Waals surface area contributed by atoms with E-state index in [4.69, 9.17) is 14.0 Å². The molecular formula is C16H20N2O4. The summed E-state index contributed by atoms with van der Waals surface area (Å²) in [5.41, 5.74) is 0.787. The predicted molar refractivity (Wildman–Crippen MR) is 82.5 cm³/mol. The number of rotatable bonds is 6. The van der Waals surface area contributed by atoms with E-state index in [0.717, 1.165) is 6.42 Å². The van der Waals surface area contributed by atoms with Gasteiger partial charge in [0.2, 0.25) is 0 Å². The van der Waals surface area contributed by atoms with Gasteiger partial charge in [0.15, 0.2) is 5.69 Å². The van der Waals surface area contributed by atoms with Gasteiger partial charge < -0.3 is 19.3 Å². The van der Waals surface area contributed by atoms with Crippen LogP contribution in [0.2, 0.25) is 0 Å². The van der Waals surface area contributed by atoms with Crippen molar-refractivity contribution >= 4 is 11.6 Å². The van der Waals surface area contributed by atoms with Gasteiger partial charge in [-0.15, -0.1) is 0 Å². The van der Waals surface area contributed by atoms with Crippen LogP contribution in [0, 0.1) is 5.92 Å².